The smallest absolute Gasteiger partial charge is 0.147 e. The maximum absolute atomic E-state index is 6.47. The molecule has 5 rings (SSSR count). The highest BCUT2D eigenvalue weighted by Crippen LogP contribution is 2.33. The van der Waals surface area contributed by atoms with Crippen molar-refractivity contribution in [1.82, 2.24) is 9.38 Å². The minimum Gasteiger partial charge on any atom is -0.489 e. The lowest BCUT2D eigenvalue weighted by atomic mass is 10.1. The van der Waals surface area contributed by atoms with Gasteiger partial charge in [-0.25, -0.2) is 4.98 Å². The van der Waals surface area contributed by atoms with Crippen LogP contribution < -0.4 is 10.5 Å². The molecule has 2 aromatic heterocycles. The Morgan fingerprint density at radius 1 is 0.931 bits per heavy atom. The van der Waals surface area contributed by atoms with Crippen molar-refractivity contribution in [1.29, 1.82) is 0 Å². The molecule has 5 aromatic rings. The zero-order chi connectivity index (χ0) is 19.8. The van der Waals surface area contributed by atoms with Crippen LogP contribution in [-0.2, 0) is 6.61 Å². The number of pyridine rings is 1. The number of nitrogens with two attached hydrogens (primary N) is 1. The maximum Gasteiger partial charge on any atom is 0.147 e. The fourth-order valence-corrected chi connectivity index (χ4v) is 3.68. The number of benzene rings is 3. The molecule has 0 unspecified atom stereocenters. The molecule has 0 aliphatic rings. The third-order valence-electron chi connectivity index (χ3n) is 5.27. The highest BCUT2D eigenvalue weighted by molar-refractivity contribution is 5.97. The number of ether oxygens (including phenoxy) is 1. The molecule has 0 spiro atoms. The SMILES string of the molecule is Cc1ccccc1-c1nc2c3cc(OCc4ccccc4)ccc3ccn2c1N. The predicted octanol–water partition coefficient (Wildman–Crippen LogP) is 5.62. The maximum atomic E-state index is 6.47. The number of fused-ring (bicyclic) bond motifs is 3. The summed E-state index contributed by atoms with van der Waals surface area (Å²) in [6, 6.07) is 26.5. The molecule has 2 heterocycles. The summed E-state index contributed by atoms with van der Waals surface area (Å²) in [6.45, 7) is 2.60. The van der Waals surface area contributed by atoms with Gasteiger partial charge in [-0.2, -0.15) is 0 Å². The molecule has 0 saturated carbocycles. The third kappa shape index (κ3) is 3.09. The summed E-state index contributed by atoms with van der Waals surface area (Å²) in [4.78, 5) is 4.91. The first kappa shape index (κ1) is 17.3. The Morgan fingerprint density at radius 3 is 2.55 bits per heavy atom. The second-order valence-electron chi connectivity index (χ2n) is 7.19. The molecule has 0 saturated heterocycles. The van der Waals surface area contributed by atoms with E-state index in [0.717, 1.165) is 44.6 Å². The van der Waals surface area contributed by atoms with E-state index >= 15 is 0 Å². The number of imidazole rings is 1. The first-order valence-corrected chi connectivity index (χ1v) is 9.64. The molecule has 0 aliphatic carbocycles. The molecule has 3 aromatic carbocycles. The van der Waals surface area contributed by atoms with Crippen LogP contribution in [0.5, 0.6) is 5.75 Å². The summed E-state index contributed by atoms with van der Waals surface area (Å²) in [5, 5.41) is 2.12. The van der Waals surface area contributed by atoms with Crippen molar-refractivity contribution in [2.24, 2.45) is 0 Å². The van der Waals surface area contributed by atoms with Crippen molar-refractivity contribution in [2.45, 2.75) is 13.5 Å². The Balaban J connectivity index is 1.60. The van der Waals surface area contributed by atoms with E-state index in [1.807, 2.05) is 53.1 Å². The highest BCUT2D eigenvalue weighted by Gasteiger charge is 2.15. The van der Waals surface area contributed by atoms with Gasteiger partial charge in [-0.15, -0.1) is 0 Å². The summed E-state index contributed by atoms with van der Waals surface area (Å²) in [5.74, 6) is 1.46. The summed E-state index contributed by atoms with van der Waals surface area (Å²) >= 11 is 0. The number of anilines is 1. The van der Waals surface area contributed by atoms with Gasteiger partial charge in [-0.3, -0.25) is 4.40 Å². The molecule has 4 heteroatoms. The Labute approximate surface area is 169 Å². The zero-order valence-corrected chi connectivity index (χ0v) is 16.2. The minimum atomic E-state index is 0.528. The molecule has 4 nitrogen and oxygen atoms in total. The molecule has 142 valence electrons. The lowest BCUT2D eigenvalue weighted by Gasteiger charge is -2.08. The van der Waals surface area contributed by atoms with Gasteiger partial charge in [0, 0.05) is 17.1 Å². The van der Waals surface area contributed by atoms with Gasteiger partial charge in [-0.1, -0.05) is 60.7 Å². The fraction of sp³-hybridized carbons (Fsp3) is 0.0800. The standard InChI is InChI=1S/C25H21N3O/c1-17-7-5-6-10-21(17)23-24(26)28-14-13-19-11-12-20(15-22(19)25(28)27-23)29-16-18-8-3-2-4-9-18/h2-15H,16,26H2,1H3. The van der Waals surface area contributed by atoms with Crippen molar-refractivity contribution in [3.63, 3.8) is 0 Å². The summed E-state index contributed by atoms with van der Waals surface area (Å²) in [7, 11) is 0. The molecule has 0 radical (unpaired) electrons. The molecule has 0 amide bonds. The van der Waals surface area contributed by atoms with E-state index in [-0.39, 0.29) is 0 Å². The monoisotopic (exact) mass is 379 g/mol. The summed E-state index contributed by atoms with van der Waals surface area (Å²) < 4.78 is 7.97. The van der Waals surface area contributed by atoms with E-state index < -0.39 is 0 Å². The van der Waals surface area contributed by atoms with E-state index in [0.29, 0.717) is 12.4 Å². The van der Waals surface area contributed by atoms with Crippen molar-refractivity contribution in [2.75, 3.05) is 5.73 Å². The molecule has 0 aliphatic heterocycles. The van der Waals surface area contributed by atoms with E-state index in [1.54, 1.807) is 0 Å². The number of hydrogen-bond acceptors (Lipinski definition) is 3. The van der Waals surface area contributed by atoms with Crippen molar-refractivity contribution in [3.8, 4) is 17.0 Å². The van der Waals surface area contributed by atoms with Crippen LogP contribution in [0, 0.1) is 6.92 Å². The van der Waals surface area contributed by atoms with Gasteiger partial charge in [0.25, 0.3) is 0 Å². The van der Waals surface area contributed by atoms with Gasteiger partial charge in [0.05, 0.1) is 0 Å². The number of rotatable bonds is 4. The predicted molar refractivity (Wildman–Crippen MR) is 118 cm³/mol. The Bertz CT molecular complexity index is 1320. The lowest BCUT2D eigenvalue weighted by molar-refractivity contribution is 0.306. The first-order valence-electron chi connectivity index (χ1n) is 9.64. The van der Waals surface area contributed by atoms with Crippen LogP contribution in [-0.4, -0.2) is 9.38 Å². The Kier molecular flexibility index (Phi) is 4.17. The minimum absolute atomic E-state index is 0.528. The Morgan fingerprint density at radius 2 is 1.72 bits per heavy atom. The first-order chi connectivity index (χ1) is 14.2. The Hall–Kier alpha value is -3.79. The van der Waals surface area contributed by atoms with Gasteiger partial charge >= 0.3 is 0 Å². The zero-order valence-electron chi connectivity index (χ0n) is 16.2. The number of nitrogens with zero attached hydrogens (tertiary/aromatic N) is 2. The van der Waals surface area contributed by atoms with Crippen LogP contribution in [0.2, 0.25) is 0 Å². The van der Waals surface area contributed by atoms with Gasteiger partial charge in [0.1, 0.15) is 29.5 Å². The topological polar surface area (TPSA) is 52.5 Å². The van der Waals surface area contributed by atoms with Gasteiger partial charge in [-0.05, 0) is 41.6 Å². The average Bonchev–Trinajstić information content (AvgIpc) is 3.10. The molecular formula is C25H21N3O. The lowest BCUT2D eigenvalue weighted by Crippen LogP contribution is -1.96. The average molecular weight is 379 g/mol. The van der Waals surface area contributed by atoms with E-state index in [9.17, 15) is 0 Å². The van der Waals surface area contributed by atoms with Crippen LogP contribution in [0.4, 0.5) is 5.82 Å². The highest BCUT2D eigenvalue weighted by atomic mass is 16.5. The van der Waals surface area contributed by atoms with Crippen LogP contribution in [0.25, 0.3) is 27.7 Å². The van der Waals surface area contributed by atoms with E-state index in [2.05, 4.69) is 43.3 Å². The van der Waals surface area contributed by atoms with E-state index in [1.165, 1.54) is 0 Å². The molecule has 29 heavy (non-hydrogen) atoms. The second kappa shape index (κ2) is 6.99. The third-order valence-corrected chi connectivity index (χ3v) is 5.27. The largest absolute Gasteiger partial charge is 0.489 e. The van der Waals surface area contributed by atoms with Crippen molar-refractivity contribution in [3.05, 3.63) is 96.2 Å². The number of hydrogen-bond donors (Lipinski definition) is 1. The number of aryl methyl sites for hydroxylation is 1. The van der Waals surface area contributed by atoms with Crippen LogP contribution >= 0.6 is 0 Å². The molecule has 0 bridgehead atoms. The van der Waals surface area contributed by atoms with E-state index in [4.69, 9.17) is 15.5 Å². The fourth-order valence-electron chi connectivity index (χ4n) is 3.68. The van der Waals surface area contributed by atoms with Gasteiger partial charge in [0.2, 0.25) is 0 Å². The van der Waals surface area contributed by atoms with Gasteiger partial charge < -0.3 is 10.5 Å². The van der Waals surface area contributed by atoms with Crippen LogP contribution in [0.1, 0.15) is 11.1 Å². The summed E-state index contributed by atoms with van der Waals surface area (Å²) in [5.41, 5.74) is 11.5. The van der Waals surface area contributed by atoms with Crippen LogP contribution in [0.3, 0.4) is 0 Å². The van der Waals surface area contributed by atoms with Gasteiger partial charge in [0.15, 0.2) is 0 Å². The molecule has 2 N–H and O–H groups in total. The molecule has 0 atom stereocenters. The summed E-state index contributed by atoms with van der Waals surface area (Å²) in [6.07, 6.45) is 1.98. The van der Waals surface area contributed by atoms with Crippen molar-refractivity contribution >= 4 is 22.2 Å². The normalized spacial score (nSPS) is 11.2. The van der Waals surface area contributed by atoms with Crippen LogP contribution in [0.15, 0.2) is 85.1 Å². The molecule has 0 fully saturated rings. The van der Waals surface area contributed by atoms with Crippen molar-refractivity contribution < 1.29 is 4.74 Å². The number of aromatic nitrogens is 2. The number of nitrogen functional groups attached to an aromatic ring is 1. The molecular weight excluding hydrogens is 358 g/mol. The second-order valence-corrected chi connectivity index (χ2v) is 7.19. The quantitative estimate of drug-likeness (QED) is 0.441.